The van der Waals surface area contributed by atoms with Crippen LogP contribution in [0, 0.1) is 0 Å². The molecule has 0 radical (unpaired) electrons. The molecule has 0 unspecified atom stereocenters. The van der Waals surface area contributed by atoms with Gasteiger partial charge in [0.2, 0.25) is 0 Å². The minimum atomic E-state index is -0.427. The Morgan fingerprint density at radius 3 is 2.88 bits per heavy atom. The first-order chi connectivity index (χ1) is 16.0. The monoisotopic (exact) mass is 526 g/mol. The quantitative estimate of drug-likeness (QED) is 0.341. The molecule has 0 atom stereocenters. The zero-order valence-corrected chi connectivity index (χ0v) is 20.1. The van der Waals surface area contributed by atoms with Crippen LogP contribution in [-0.2, 0) is 22.6 Å². The van der Waals surface area contributed by atoms with Gasteiger partial charge in [-0.3, -0.25) is 9.36 Å². The van der Waals surface area contributed by atoms with Crippen molar-refractivity contribution in [1.29, 1.82) is 0 Å². The summed E-state index contributed by atoms with van der Waals surface area (Å²) in [7, 11) is 0. The van der Waals surface area contributed by atoms with Crippen molar-refractivity contribution in [2.75, 3.05) is 13.4 Å². The number of benzene rings is 2. The molecule has 2 aromatic heterocycles. The molecule has 3 heterocycles. The lowest BCUT2D eigenvalue weighted by Crippen LogP contribution is -2.23. The molecular weight excluding hydrogens is 508 g/mol. The van der Waals surface area contributed by atoms with Crippen molar-refractivity contribution in [2.45, 2.75) is 20.1 Å². The Kier molecular flexibility index (Phi) is 6.01. The molecule has 4 aromatic rings. The van der Waals surface area contributed by atoms with Gasteiger partial charge < -0.3 is 14.2 Å². The van der Waals surface area contributed by atoms with Crippen LogP contribution in [0.2, 0.25) is 0 Å². The molecule has 0 N–H and O–H groups in total. The van der Waals surface area contributed by atoms with E-state index in [2.05, 4.69) is 20.9 Å². The third-order valence-electron chi connectivity index (χ3n) is 5.35. The molecule has 0 fully saturated rings. The molecular formula is C24H19BrN2O5S. The third-order valence-corrected chi connectivity index (χ3v) is 6.77. The van der Waals surface area contributed by atoms with E-state index in [1.54, 1.807) is 23.6 Å². The van der Waals surface area contributed by atoms with Gasteiger partial charge in [-0.2, -0.15) is 0 Å². The number of carbonyl (C=O) groups is 1. The van der Waals surface area contributed by atoms with Crippen molar-refractivity contribution in [3.05, 3.63) is 79.6 Å². The summed E-state index contributed by atoms with van der Waals surface area (Å²) in [6, 6.07) is 11.2. The normalized spacial score (nSPS) is 12.9. The number of carbonyl (C=O) groups excluding carboxylic acids is 1. The number of esters is 1. The highest BCUT2D eigenvalue weighted by Gasteiger charge is 2.21. The fourth-order valence-electron chi connectivity index (χ4n) is 3.85. The maximum absolute atomic E-state index is 13.5. The summed E-state index contributed by atoms with van der Waals surface area (Å²) in [6.45, 7) is 2.67. The molecule has 0 saturated heterocycles. The van der Waals surface area contributed by atoms with E-state index in [0.717, 1.165) is 21.2 Å². The molecule has 33 heavy (non-hydrogen) atoms. The van der Waals surface area contributed by atoms with Crippen molar-refractivity contribution in [2.24, 2.45) is 0 Å². The molecule has 0 aliphatic carbocycles. The van der Waals surface area contributed by atoms with Gasteiger partial charge in [0.15, 0.2) is 6.79 Å². The summed E-state index contributed by atoms with van der Waals surface area (Å²) >= 11 is 4.89. The zero-order valence-electron chi connectivity index (χ0n) is 17.7. The Balaban J connectivity index is 1.59. The number of hydrogen-bond donors (Lipinski definition) is 0. The van der Waals surface area contributed by atoms with Crippen molar-refractivity contribution in [1.82, 2.24) is 9.55 Å². The summed E-state index contributed by atoms with van der Waals surface area (Å²) < 4.78 is 18.8. The largest absolute Gasteiger partial charge is 0.467 e. The highest BCUT2D eigenvalue weighted by Crippen LogP contribution is 2.33. The maximum Gasteiger partial charge on any atom is 0.338 e. The summed E-state index contributed by atoms with van der Waals surface area (Å²) in [5.74, 6) is 0.197. The Morgan fingerprint density at radius 1 is 1.27 bits per heavy atom. The van der Waals surface area contributed by atoms with Gasteiger partial charge in [-0.05, 0) is 36.8 Å². The van der Waals surface area contributed by atoms with E-state index in [4.69, 9.17) is 14.2 Å². The first kappa shape index (κ1) is 21.8. The van der Waals surface area contributed by atoms with Crippen molar-refractivity contribution in [3.63, 3.8) is 0 Å². The van der Waals surface area contributed by atoms with Gasteiger partial charge in [-0.15, -0.1) is 11.3 Å². The predicted molar refractivity (Wildman–Crippen MR) is 129 cm³/mol. The maximum atomic E-state index is 13.5. The van der Waals surface area contributed by atoms with E-state index in [-0.39, 0.29) is 25.5 Å². The third kappa shape index (κ3) is 4.19. The first-order valence-electron chi connectivity index (χ1n) is 10.3. The highest BCUT2D eigenvalue weighted by atomic mass is 79.9. The number of nitrogens with zero attached hydrogens (tertiary/aromatic N) is 2. The summed E-state index contributed by atoms with van der Waals surface area (Å²) in [4.78, 5) is 31.1. The minimum Gasteiger partial charge on any atom is -0.467 e. The summed E-state index contributed by atoms with van der Waals surface area (Å²) in [5, 5.41) is 2.53. The van der Waals surface area contributed by atoms with E-state index >= 15 is 0 Å². The lowest BCUT2D eigenvalue weighted by atomic mass is 10.0. The fourth-order valence-corrected chi connectivity index (χ4v) is 5.03. The van der Waals surface area contributed by atoms with Gasteiger partial charge in [0.25, 0.3) is 5.56 Å². The number of hydrogen-bond acceptors (Lipinski definition) is 7. The second-order valence-electron chi connectivity index (χ2n) is 7.47. The lowest BCUT2D eigenvalue weighted by molar-refractivity contribution is -0.0171. The minimum absolute atomic E-state index is 0.114. The number of thiophene rings is 1. The molecule has 1 aliphatic rings. The molecule has 0 spiro atoms. The van der Waals surface area contributed by atoms with E-state index in [0.29, 0.717) is 33.7 Å². The van der Waals surface area contributed by atoms with Gasteiger partial charge in [0.1, 0.15) is 10.6 Å². The van der Waals surface area contributed by atoms with Crippen LogP contribution in [0.5, 0.6) is 5.75 Å². The van der Waals surface area contributed by atoms with Crippen LogP contribution in [0.25, 0.3) is 21.3 Å². The van der Waals surface area contributed by atoms with E-state index in [1.807, 2.05) is 29.6 Å². The topological polar surface area (TPSA) is 79.7 Å². The van der Waals surface area contributed by atoms with Crippen LogP contribution in [0.4, 0.5) is 0 Å². The fraction of sp³-hybridized carbons (Fsp3) is 0.208. The van der Waals surface area contributed by atoms with Crippen LogP contribution in [0.1, 0.15) is 28.4 Å². The van der Waals surface area contributed by atoms with Gasteiger partial charge in [0.05, 0.1) is 37.0 Å². The van der Waals surface area contributed by atoms with E-state index in [9.17, 15) is 9.59 Å². The van der Waals surface area contributed by atoms with Gasteiger partial charge in [-0.1, -0.05) is 28.1 Å². The molecule has 0 saturated carbocycles. The summed E-state index contributed by atoms with van der Waals surface area (Å²) in [6.07, 6.45) is 1.54. The van der Waals surface area contributed by atoms with Crippen LogP contribution >= 0.6 is 27.3 Å². The zero-order chi connectivity index (χ0) is 22.9. The van der Waals surface area contributed by atoms with E-state index in [1.165, 1.54) is 17.7 Å². The van der Waals surface area contributed by atoms with Crippen molar-refractivity contribution < 1.29 is 19.0 Å². The van der Waals surface area contributed by atoms with E-state index < -0.39 is 5.97 Å². The predicted octanol–water partition coefficient (Wildman–Crippen LogP) is 4.98. The van der Waals surface area contributed by atoms with Gasteiger partial charge in [-0.25, -0.2) is 9.78 Å². The Bertz CT molecular complexity index is 1410. The number of rotatable bonds is 5. The Hall–Kier alpha value is -3.01. The molecule has 9 heteroatoms. The molecule has 2 aromatic carbocycles. The van der Waals surface area contributed by atoms with Crippen LogP contribution in [-0.4, -0.2) is 28.9 Å². The van der Waals surface area contributed by atoms with Gasteiger partial charge >= 0.3 is 5.97 Å². The molecule has 7 nitrogen and oxygen atoms in total. The standard InChI is InChI=1S/C24H19BrN2O5S/c1-2-31-24(29)15-7-16(21-17(8-15)10-30-13-32-21)9-27-12-26-22-20(23(27)28)19(11-33-22)14-3-5-18(25)6-4-14/h3-8,11-12H,2,9-10,13H2,1H3. The Morgan fingerprint density at radius 2 is 2.09 bits per heavy atom. The molecule has 0 bridgehead atoms. The average molecular weight is 527 g/mol. The van der Waals surface area contributed by atoms with Gasteiger partial charge in [0, 0.05) is 26.5 Å². The van der Waals surface area contributed by atoms with Crippen molar-refractivity contribution >= 4 is 43.5 Å². The summed E-state index contributed by atoms with van der Waals surface area (Å²) in [5.41, 5.74) is 3.48. The number of ether oxygens (including phenoxy) is 3. The first-order valence-corrected chi connectivity index (χ1v) is 12.0. The Labute approximate surface area is 201 Å². The smallest absolute Gasteiger partial charge is 0.338 e. The number of aromatic nitrogens is 2. The average Bonchev–Trinajstić information content (AvgIpc) is 3.26. The number of fused-ring (bicyclic) bond motifs is 2. The highest BCUT2D eigenvalue weighted by molar-refractivity contribution is 9.10. The van der Waals surface area contributed by atoms with Crippen LogP contribution in [0.15, 0.2) is 57.4 Å². The second kappa shape index (κ2) is 9.09. The van der Waals surface area contributed by atoms with Crippen LogP contribution in [0.3, 0.4) is 0 Å². The number of halogens is 1. The molecule has 5 rings (SSSR count). The second-order valence-corrected chi connectivity index (χ2v) is 9.24. The SMILES string of the molecule is CCOC(=O)c1cc2c(c(Cn3cnc4scc(-c5ccc(Br)cc5)c4c3=O)c1)OCOC2. The van der Waals surface area contributed by atoms with Crippen molar-refractivity contribution in [3.8, 4) is 16.9 Å². The molecule has 0 amide bonds. The van der Waals surface area contributed by atoms with Crippen LogP contribution < -0.4 is 10.3 Å². The lowest BCUT2D eigenvalue weighted by Gasteiger charge is -2.22. The molecule has 168 valence electrons. The molecule has 1 aliphatic heterocycles.